The lowest BCUT2D eigenvalue weighted by atomic mass is 9.98. The van der Waals surface area contributed by atoms with Gasteiger partial charge in [-0.05, 0) is 18.3 Å². The molecule has 0 aliphatic heterocycles. The zero-order chi connectivity index (χ0) is 9.97. The number of nitrogens with zero attached hydrogens (tertiary/aromatic N) is 2. The molecule has 1 aliphatic rings. The summed E-state index contributed by atoms with van der Waals surface area (Å²) >= 11 is 0. The molecule has 0 aromatic carbocycles. The molecule has 2 atom stereocenters. The molecule has 1 fully saturated rings. The van der Waals surface area contributed by atoms with Gasteiger partial charge >= 0.3 is 0 Å². The fraction of sp³-hybridized carbons (Fsp3) is 0.727. The topological polar surface area (TPSA) is 29.9 Å². The van der Waals surface area contributed by atoms with E-state index in [0.29, 0.717) is 0 Å². The number of hydrogen-bond acceptors (Lipinski definition) is 2. The lowest BCUT2D eigenvalue weighted by Crippen LogP contribution is -2.16. The minimum absolute atomic E-state index is 0.844. The van der Waals surface area contributed by atoms with E-state index in [-0.39, 0.29) is 0 Å². The molecule has 14 heavy (non-hydrogen) atoms. The second kappa shape index (κ2) is 4.03. The normalized spacial score (nSPS) is 26.7. The fourth-order valence-electron chi connectivity index (χ4n) is 2.27. The van der Waals surface area contributed by atoms with Crippen molar-refractivity contribution in [2.75, 3.05) is 11.9 Å². The number of aromatic nitrogens is 2. The maximum Gasteiger partial charge on any atom is 0.147 e. The van der Waals surface area contributed by atoms with Crippen LogP contribution < -0.4 is 5.32 Å². The van der Waals surface area contributed by atoms with Gasteiger partial charge < -0.3 is 5.32 Å². The molecule has 1 heterocycles. The van der Waals surface area contributed by atoms with Gasteiger partial charge in [-0.25, -0.2) is 0 Å². The van der Waals surface area contributed by atoms with Crippen LogP contribution in [0.5, 0.6) is 0 Å². The molecule has 0 amide bonds. The molecule has 0 radical (unpaired) electrons. The van der Waals surface area contributed by atoms with Gasteiger partial charge in [-0.3, -0.25) is 4.68 Å². The Bertz CT molecular complexity index is 292. The Balaban J connectivity index is 1.82. The fourth-order valence-corrected chi connectivity index (χ4v) is 2.27. The summed E-state index contributed by atoms with van der Waals surface area (Å²) in [5, 5.41) is 7.71. The smallest absolute Gasteiger partial charge is 0.147 e. The van der Waals surface area contributed by atoms with E-state index >= 15 is 0 Å². The lowest BCUT2D eigenvalue weighted by molar-refractivity contribution is 0.439. The summed E-state index contributed by atoms with van der Waals surface area (Å²) in [5.41, 5.74) is 0. The van der Waals surface area contributed by atoms with E-state index < -0.39 is 0 Å². The zero-order valence-corrected chi connectivity index (χ0v) is 9.03. The first-order valence-electron chi connectivity index (χ1n) is 5.49. The van der Waals surface area contributed by atoms with E-state index in [4.69, 9.17) is 0 Å². The molecule has 1 aromatic heterocycles. The molecule has 3 nitrogen and oxygen atoms in total. The summed E-state index contributed by atoms with van der Waals surface area (Å²) < 4.78 is 1.83. The van der Waals surface area contributed by atoms with Crippen LogP contribution in [-0.4, -0.2) is 16.3 Å². The molecule has 78 valence electrons. The molecular formula is C11H19N3. The van der Waals surface area contributed by atoms with Crippen LogP contribution in [0.3, 0.4) is 0 Å². The quantitative estimate of drug-likeness (QED) is 0.798. The number of hydrogen-bond donors (Lipinski definition) is 1. The van der Waals surface area contributed by atoms with Crippen molar-refractivity contribution >= 4 is 5.82 Å². The summed E-state index contributed by atoms with van der Waals surface area (Å²) in [5.74, 6) is 2.73. The second-order valence-electron chi connectivity index (χ2n) is 4.42. The maximum atomic E-state index is 4.30. The van der Waals surface area contributed by atoms with E-state index in [1.165, 1.54) is 19.3 Å². The molecule has 0 spiro atoms. The average molecular weight is 193 g/mol. The maximum absolute atomic E-state index is 4.30. The van der Waals surface area contributed by atoms with Gasteiger partial charge in [-0.2, -0.15) is 5.10 Å². The van der Waals surface area contributed by atoms with E-state index in [2.05, 4.69) is 17.3 Å². The van der Waals surface area contributed by atoms with Crippen LogP contribution in [0.15, 0.2) is 12.3 Å². The standard InChI is InChI=1S/C11H19N3/c1-9-4-3-5-10(9)8-12-11-6-7-14(2)13-11/h6-7,9-10H,3-5,8H2,1-2H3,(H,12,13)/t9-,10?/m0/s1. The van der Waals surface area contributed by atoms with Gasteiger partial charge in [0, 0.05) is 25.9 Å². The van der Waals surface area contributed by atoms with Crippen LogP contribution in [0.1, 0.15) is 26.2 Å². The second-order valence-corrected chi connectivity index (χ2v) is 4.42. The first-order chi connectivity index (χ1) is 6.75. The van der Waals surface area contributed by atoms with E-state index in [0.717, 1.165) is 24.2 Å². The largest absolute Gasteiger partial charge is 0.368 e. The van der Waals surface area contributed by atoms with Crippen LogP contribution in [0, 0.1) is 11.8 Å². The van der Waals surface area contributed by atoms with Crippen LogP contribution in [-0.2, 0) is 7.05 Å². The third kappa shape index (κ3) is 2.08. The Morgan fingerprint density at radius 3 is 3.00 bits per heavy atom. The van der Waals surface area contributed by atoms with Gasteiger partial charge in [0.2, 0.25) is 0 Å². The van der Waals surface area contributed by atoms with Gasteiger partial charge in [0.15, 0.2) is 0 Å². The highest BCUT2D eigenvalue weighted by Gasteiger charge is 2.22. The Morgan fingerprint density at radius 1 is 1.57 bits per heavy atom. The molecule has 1 saturated carbocycles. The van der Waals surface area contributed by atoms with E-state index in [9.17, 15) is 0 Å². The van der Waals surface area contributed by atoms with Crippen molar-refractivity contribution in [3.63, 3.8) is 0 Å². The van der Waals surface area contributed by atoms with Crippen molar-refractivity contribution in [2.45, 2.75) is 26.2 Å². The van der Waals surface area contributed by atoms with Crippen LogP contribution in [0.2, 0.25) is 0 Å². The van der Waals surface area contributed by atoms with Crippen molar-refractivity contribution in [2.24, 2.45) is 18.9 Å². The molecular weight excluding hydrogens is 174 g/mol. The lowest BCUT2D eigenvalue weighted by Gasteiger charge is -2.15. The van der Waals surface area contributed by atoms with Gasteiger partial charge in [-0.15, -0.1) is 0 Å². The van der Waals surface area contributed by atoms with Crippen molar-refractivity contribution in [3.05, 3.63) is 12.3 Å². The first kappa shape index (κ1) is 9.56. The van der Waals surface area contributed by atoms with Crippen LogP contribution >= 0.6 is 0 Å². The Hall–Kier alpha value is -0.990. The molecule has 1 aromatic rings. The minimum atomic E-state index is 0.844. The van der Waals surface area contributed by atoms with Crippen molar-refractivity contribution in [3.8, 4) is 0 Å². The highest BCUT2D eigenvalue weighted by molar-refractivity contribution is 5.32. The summed E-state index contributed by atoms with van der Waals surface area (Å²) in [6, 6.07) is 2.03. The highest BCUT2D eigenvalue weighted by Crippen LogP contribution is 2.30. The van der Waals surface area contributed by atoms with Crippen molar-refractivity contribution in [1.29, 1.82) is 0 Å². The number of nitrogens with one attached hydrogen (secondary N) is 1. The predicted octanol–water partition coefficient (Wildman–Crippen LogP) is 2.27. The van der Waals surface area contributed by atoms with Gasteiger partial charge in [-0.1, -0.05) is 19.8 Å². The van der Waals surface area contributed by atoms with Crippen LogP contribution in [0.25, 0.3) is 0 Å². The minimum Gasteiger partial charge on any atom is -0.368 e. The zero-order valence-electron chi connectivity index (χ0n) is 9.03. The van der Waals surface area contributed by atoms with E-state index in [1.807, 2.05) is 24.0 Å². The van der Waals surface area contributed by atoms with Gasteiger partial charge in [0.1, 0.15) is 5.82 Å². The predicted molar refractivity (Wildman–Crippen MR) is 58.2 cm³/mol. The van der Waals surface area contributed by atoms with Crippen molar-refractivity contribution < 1.29 is 0 Å². The summed E-state index contributed by atoms with van der Waals surface area (Å²) in [7, 11) is 1.95. The molecule has 0 saturated heterocycles. The molecule has 1 unspecified atom stereocenters. The molecule has 1 aliphatic carbocycles. The van der Waals surface area contributed by atoms with Crippen LogP contribution in [0.4, 0.5) is 5.82 Å². The Morgan fingerprint density at radius 2 is 2.43 bits per heavy atom. The highest BCUT2D eigenvalue weighted by atomic mass is 15.3. The van der Waals surface area contributed by atoms with E-state index in [1.54, 1.807) is 0 Å². The monoisotopic (exact) mass is 193 g/mol. The average Bonchev–Trinajstić information content (AvgIpc) is 2.72. The van der Waals surface area contributed by atoms with Crippen molar-refractivity contribution in [1.82, 2.24) is 9.78 Å². The third-order valence-electron chi connectivity index (χ3n) is 3.30. The summed E-state index contributed by atoms with van der Waals surface area (Å²) in [6.45, 7) is 3.44. The van der Waals surface area contributed by atoms with Gasteiger partial charge in [0.25, 0.3) is 0 Å². The summed E-state index contributed by atoms with van der Waals surface area (Å²) in [6.07, 6.45) is 6.14. The number of anilines is 1. The first-order valence-corrected chi connectivity index (χ1v) is 5.49. The SMILES string of the molecule is C[C@H]1CCCC1CNc1ccn(C)n1. The number of rotatable bonds is 3. The molecule has 3 heteroatoms. The third-order valence-corrected chi connectivity index (χ3v) is 3.30. The molecule has 0 bridgehead atoms. The molecule has 2 rings (SSSR count). The summed E-state index contributed by atoms with van der Waals surface area (Å²) in [4.78, 5) is 0. The van der Waals surface area contributed by atoms with Gasteiger partial charge in [0.05, 0.1) is 0 Å². The Labute approximate surface area is 85.5 Å². The number of aryl methyl sites for hydroxylation is 1. The Kier molecular flexibility index (Phi) is 2.75. The molecule has 1 N–H and O–H groups in total.